The minimum Gasteiger partial charge on any atom is -0.366 e. The highest BCUT2D eigenvalue weighted by Gasteiger charge is 2.41. The van der Waals surface area contributed by atoms with Gasteiger partial charge in [0.1, 0.15) is 0 Å². The van der Waals surface area contributed by atoms with Crippen LogP contribution in [-0.4, -0.2) is 54.3 Å². The highest BCUT2D eigenvalue weighted by atomic mass is 16.2. The van der Waals surface area contributed by atoms with Crippen molar-refractivity contribution in [2.45, 2.75) is 12.8 Å². The van der Waals surface area contributed by atoms with Gasteiger partial charge >= 0.3 is 0 Å². The number of fused-ring (bicyclic) bond motifs is 1. The van der Waals surface area contributed by atoms with Gasteiger partial charge < -0.3 is 15.5 Å². The summed E-state index contributed by atoms with van der Waals surface area (Å²) in [6.07, 6.45) is 1.82. The summed E-state index contributed by atoms with van der Waals surface area (Å²) in [5.41, 5.74) is 8.21. The van der Waals surface area contributed by atoms with Crippen molar-refractivity contribution in [3.8, 4) is 6.07 Å². The summed E-state index contributed by atoms with van der Waals surface area (Å²) in [7, 11) is 0. The van der Waals surface area contributed by atoms with Gasteiger partial charge in [-0.25, -0.2) is 0 Å². The molecule has 0 radical (unpaired) electrons. The summed E-state index contributed by atoms with van der Waals surface area (Å²) < 4.78 is 0. The largest absolute Gasteiger partial charge is 0.366 e. The zero-order valence-corrected chi connectivity index (χ0v) is 17.0. The summed E-state index contributed by atoms with van der Waals surface area (Å²) in [4.78, 5) is 28.8. The Morgan fingerprint density at radius 1 is 1.03 bits per heavy atom. The first-order chi connectivity index (χ1) is 14.5. The molecular formula is C24H26N4O2. The van der Waals surface area contributed by atoms with Gasteiger partial charge in [-0.15, -0.1) is 0 Å². The van der Waals surface area contributed by atoms with E-state index < -0.39 is 0 Å². The van der Waals surface area contributed by atoms with Crippen molar-refractivity contribution in [2.24, 2.45) is 17.6 Å². The summed E-state index contributed by atoms with van der Waals surface area (Å²) in [6, 6.07) is 16.6. The molecule has 1 unspecified atom stereocenters. The number of aryl methyl sites for hydroxylation is 1. The quantitative estimate of drug-likeness (QED) is 0.803. The maximum Gasteiger partial charge on any atom is 0.253 e. The minimum atomic E-state index is -0.369. The molecule has 30 heavy (non-hydrogen) atoms. The van der Waals surface area contributed by atoms with Crippen LogP contribution in [0, 0.1) is 23.2 Å². The molecule has 2 N–H and O–H groups in total. The molecule has 4 rings (SSSR count). The summed E-state index contributed by atoms with van der Waals surface area (Å²) in [5, 5.41) is 9.05. The second-order valence-electron chi connectivity index (χ2n) is 8.31. The van der Waals surface area contributed by atoms with Gasteiger partial charge in [-0.05, 0) is 61.1 Å². The fourth-order valence-corrected chi connectivity index (χ4v) is 4.81. The van der Waals surface area contributed by atoms with Crippen LogP contribution in [0.25, 0.3) is 0 Å². The number of nitrogens with two attached hydrogens (primary N) is 1. The molecular weight excluding hydrogens is 376 g/mol. The van der Waals surface area contributed by atoms with Gasteiger partial charge in [0.25, 0.3) is 5.91 Å². The van der Waals surface area contributed by atoms with Gasteiger partial charge in [0, 0.05) is 37.3 Å². The topological polar surface area (TPSA) is 90.4 Å². The fourth-order valence-electron chi connectivity index (χ4n) is 4.81. The molecule has 2 aromatic carbocycles. The normalized spacial score (nSPS) is 20.7. The van der Waals surface area contributed by atoms with Crippen molar-refractivity contribution >= 4 is 11.8 Å². The Bertz CT molecular complexity index is 983. The predicted molar refractivity (Wildman–Crippen MR) is 114 cm³/mol. The first-order valence-electron chi connectivity index (χ1n) is 10.4. The SMILES string of the molecule is N#Cc1cccc(C(=O)N2CC3CN(CCCc4ccccc4C(N)=O)C[C@H]3C2)c1. The van der Waals surface area contributed by atoms with E-state index in [0.717, 1.165) is 51.1 Å². The third-order valence-corrected chi connectivity index (χ3v) is 6.29. The molecule has 6 nitrogen and oxygen atoms in total. The lowest BCUT2D eigenvalue weighted by molar-refractivity contribution is 0.0773. The maximum absolute atomic E-state index is 12.8. The van der Waals surface area contributed by atoms with E-state index in [1.807, 2.05) is 23.1 Å². The van der Waals surface area contributed by atoms with Gasteiger partial charge in [0.05, 0.1) is 11.6 Å². The standard InChI is InChI=1S/C24H26N4O2/c25-12-17-5-3-7-19(11-17)24(30)28-15-20-13-27(14-21(20)16-28)10-4-8-18-6-1-2-9-22(18)23(26)29/h1-3,5-7,9,11,20-21H,4,8,10,13-16H2,(H2,26,29)/t20-,21?/m0/s1. The zero-order valence-electron chi connectivity index (χ0n) is 17.0. The first kappa shape index (κ1) is 20.1. The molecule has 2 heterocycles. The molecule has 0 saturated carbocycles. The van der Waals surface area contributed by atoms with E-state index in [9.17, 15) is 9.59 Å². The van der Waals surface area contributed by atoms with Crippen molar-refractivity contribution in [3.63, 3.8) is 0 Å². The zero-order chi connectivity index (χ0) is 21.1. The van der Waals surface area contributed by atoms with Gasteiger partial charge in [-0.2, -0.15) is 5.26 Å². The first-order valence-corrected chi connectivity index (χ1v) is 10.4. The third-order valence-electron chi connectivity index (χ3n) is 6.29. The highest BCUT2D eigenvalue weighted by molar-refractivity contribution is 5.95. The Kier molecular flexibility index (Phi) is 5.82. The third kappa shape index (κ3) is 4.22. The molecule has 2 aromatic rings. The monoisotopic (exact) mass is 402 g/mol. The molecule has 2 atom stereocenters. The number of benzene rings is 2. The average molecular weight is 402 g/mol. The summed E-state index contributed by atoms with van der Waals surface area (Å²) >= 11 is 0. The van der Waals surface area contributed by atoms with E-state index in [1.165, 1.54) is 0 Å². The fraction of sp³-hybridized carbons (Fsp3) is 0.375. The number of nitriles is 1. The second kappa shape index (κ2) is 8.68. The van der Waals surface area contributed by atoms with E-state index in [-0.39, 0.29) is 11.8 Å². The molecule has 2 aliphatic rings. The number of hydrogen-bond donors (Lipinski definition) is 1. The number of primary amides is 1. The van der Waals surface area contributed by atoms with Crippen LogP contribution in [0.15, 0.2) is 48.5 Å². The summed E-state index contributed by atoms with van der Waals surface area (Å²) in [6.45, 7) is 4.55. The van der Waals surface area contributed by atoms with Gasteiger partial charge in [-0.3, -0.25) is 9.59 Å². The molecule has 154 valence electrons. The van der Waals surface area contributed by atoms with E-state index >= 15 is 0 Å². The maximum atomic E-state index is 12.8. The second-order valence-corrected chi connectivity index (χ2v) is 8.31. The lowest BCUT2D eigenvalue weighted by Gasteiger charge is -2.22. The highest BCUT2D eigenvalue weighted by Crippen LogP contribution is 2.32. The van der Waals surface area contributed by atoms with E-state index in [4.69, 9.17) is 11.0 Å². The predicted octanol–water partition coefficient (Wildman–Crippen LogP) is 2.29. The molecule has 2 fully saturated rings. The van der Waals surface area contributed by atoms with Crippen molar-refractivity contribution in [3.05, 3.63) is 70.8 Å². The number of nitrogens with zero attached hydrogens (tertiary/aromatic N) is 3. The van der Waals surface area contributed by atoms with Crippen LogP contribution < -0.4 is 5.73 Å². The van der Waals surface area contributed by atoms with Crippen molar-refractivity contribution in [1.82, 2.24) is 9.80 Å². The van der Waals surface area contributed by atoms with Gasteiger partial charge in [0.2, 0.25) is 5.91 Å². The molecule has 6 heteroatoms. The number of amides is 2. The van der Waals surface area contributed by atoms with Gasteiger partial charge in [0.15, 0.2) is 0 Å². The molecule has 2 saturated heterocycles. The number of carbonyl (C=O) groups excluding carboxylic acids is 2. The van der Waals surface area contributed by atoms with E-state index in [0.29, 0.717) is 28.5 Å². The van der Waals surface area contributed by atoms with Crippen molar-refractivity contribution in [2.75, 3.05) is 32.7 Å². The molecule has 0 bridgehead atoms. The van der Waals surface area contributed by atoms with Crippen LogP contribution in [0.4, 0.5) is 0 Å². The Morgan fingerprint density at radius 2 is 1.77 bits per heavy atom. The van der Waals surface area contributed by atoms with E-state index in [1.54, 1.807) is 30.3 Å². The van der Waals surface area contributed by atoms with Crippen molar-refractivity contribution < 1.29 is 9.59 Å². The Hall–Kier alpha value is -3.17. The lowest BCUT2D eigenvalue weighted by Crippen LogP contribution is -2.33. The smallest absolute Gasteiger partial charge is 0.253 e. The van der Waals surface area contributed by atoms with Crippen LogP contribution in [0.5, 0.6) is 0 Å². The molecule has 2 amide bonds. The number of carbonyl (C=O) groups is 2. The van der Waals surface area contributed by atoms with Crippen LogP contribution in [0.3, 0.4) is 0 Å². The van der Waals surface area contributed by atoms with Crippen LogP contribution in [0.2, 0.25) is 0 Å². The van der Waals surface area contributed by atoms with Crippen LogP contribution >= 0.6 is 0 Å². The Labute approximate surface area is 176 Å². The molecule has 0 aliphatic carbocycles. The number of rotatable bonds is 6. The number of likely N-dealkylation sites (tertiary alicyclic amines) is 2. The van der Waals surface area contributed by atoms with Crippen LogP contribution in [-0.2, 0) is 6.42 Å². The molecule has 0 spiro atoms. The van der Waals surface area contributed by atoms with Gasteiger partial charge in [-0.1, -0.05) is 24.3 Å². The van der Waals surface area contributed by atoms with E-state index in [2.05, 4.69) is 11.0 Å². The minimum absolute atomic E-state index is 0.0242. The Morgan fingerprint density at radius 3 is 2.47 bits per heavy atom. The van der Waals surface area contributed by atoms with Crippen LogP contribution in [0.1, 0.15) is 38.3 Å². The lowest BCUT2D eigenvalue weighted by atomic mass is 10.0. The van der Waals surface area contributed by atoms with Crippen molar-refractivity contribution in [1.29, 1.82) is 5.26 Å². The molecule has 2 aliphatic heterocycles. The average Bonchev–Trinajstić information content (AvgIpc) is 3.32. The molecule has 0 aromatic heterocycles. The summed E-state index contributed by atoms with van der Waals surface area (Å²) in [5.74, 6) is 0.666. The Balaban J connectivity index is 1.27. The number of hydrogen-bond acceptors (Lipinski definition) is 4.